The van der Waals surface area contributed by atoms with Crippen LogP contribution in [0.2, 0.25) is 0 Å². The molecule has 2 aromatic rings. The normalized spacial score (nSPS) is 11.5. The summed E-state index contributed by atoms with van der Waals surface area (Å²) in [5, 5.41) is 9.96. The van der Waals surface area contributed by atoms with Crippen LogP contribution in [0.15, 0.2) is 18.2 Å². The van der Waals surface area contributed by atoms with E-state index >= 15 is 0 Å². The number of hydrogen-bond acceptors (Lipinski definition) is 6. The molecular weight excluding hydrogens is 308 g/mol. The second-order valence-corrected chi connectivity index (χ2v) is 6.47. The Morgan fingerprint density at radius 2 is 2.08 bits per heavy atom. The number of hydrogen-bond donors (Lipinski definition) is 2. The van der Waals surface area contributed by atoms with Crippen molar-refractivity contribution in [3.05, 3.63) is 29.5 Å². The van der Waals surface area contributed by atoms with E-state index in [1.54, 1.807) is 19.9 Å². The van der Waals surface area contributed by atoms with Crippen molar-refractivity contribution in [3.8, 4) is 5.75 Å². The highest BCUT2D eigenvalue weighted by molar-refractivity contribution is 6.07. The van der Waals surface area contributed by atoms with E-state index < -0.39 is 5.97 Å². The molecular formula is C18H24N2O4. The summed E-state index contributed by atoms with van der Waals surface area (Å²) in [4.78, 5) is 16.6. The number of aryl methyl sites for hydroxylation is 1. The van der Waals surface area contributed by atoms with Gasteiger partial charge in [-0.25, -0.2) is 4.79 Å². The summed E-state index contributed by atoms with van der Waals surface area (Å²) < 4.78 is 10.9. The lowest BCUT2D eigenvalue weighted by Gasteiger charge is -2.23. The van der Waals surface area contributed by atoms with Gasteiger partial charge in [-0.15, -0.1) is 0 Å². The number of nitrogens with two attached hydrogens (primary N) is 1. The molecule has 6 heteroatoms. The molecule has 0 aliphatic rings. The standard InChI is InChI=1S/C18H24N2O4/c1-5-23-17(22)14-11(2)20-12-7-6-8-13(15(12)16(14)19)24-10-18(3,4)9-21/h6-8,21H,5,9-10H2,1-4H3,(H2,19,20). The largest absolute Gasteiger partial charge is 0.492 e. The van der Waals surface area contributed by atoms with Crippen molar-refractivity contribution in [2.24, 2.45) is 5.41 Å². The van der Waals surface area contributed by atoms with Crippen LogP contribution >= 0.6 is 0 Å². The van der Waals surface area contributed by atoms with Gasteiger partial charge in [-0.2, -0.15) is 0 Å². The van der Waals surface area contributed by atoms with Crippen molar-refractivity contribution >= 4 is 22.6 Å². The Morgan fingerprint density at radius 3 is 2.71 bits per heavy atom. The molecule has 0 aliphatic heterocycles. The number of aliphatic hydroxyl groups excluding tert-OH is 1. The van der Waals surface area contributed by atoms with Crippen molar-refractivity contribution < 1.29 is 19.4 Å². The highest BCUT2D eigenvalue weighted by atomic mass is 16.5. The third kappa shape index (κ3) is 3.59. The molecule has 1 aromatic carbocycles. The third-order valence-electron chi connectivity index (χ3n) is 3.72. The number of pyridine rings is 1. The minimum absolute atomic E-state index is 0.00131. The van der Waals surface area contributed by atoms with E-state index in [1.165, 1.54) is 0 Å². The van der Waals surface area contributed by atoms with Gasteiger partial charge in [-0.05, 0) is 26.0 Å². The van der Waals surface area contributed by atoms with Gasteiger partial charge in [0.15, 0.2) is 0 Å². The first-order valence-electron chi connectivity index (χ1n) is 7.90. The molecule has 0 atom stereocenters. The lowest BCUT2D eigenvalue weighted by Crippen LogP contribution is -2.25. The predicted molar refractivity (Wildman–Crippen MR) is 93.2 cm³/mol. The molecule has 1 aromatic heterocycles. The number of rotatable bonds is 6. The number of aromatic nitrogens is 1. The number of nitrogens with zero attached hydrogens (tertiary/aromatic N) is 1. The Morgan fingerprint density at radius 1 is 1.38 bits per heavy atom. The van der Waals surface area contributed by atoms with Gasteiger partial charge in [0.05, 0.1) is 42.1 Å². The topological polar surface area (TPSA) is 94.7 Å². The van der Waals surface area contributed by atoms with Crippen LogP contribution in [0.25, 0.3) is 10.9 Å². The lowest BCUT2D eigenvalue weighted by atomic mass is 9.96. The number of ether oxygens (including phenoxy) is 2. The molecule has 0 amide bonds. The summed E-state index contributed by atoms with van der Waals surface area (Å²) in [6, 6.07) is 5.41. The SMILES string of the molecule is CCOC(=O)c1c(C)nc2cccc(OCC(C)(C)CO)c2c1N. The second kappa shape index (κ2) is 7.05. The number of carbonyl (C=O) groups excluding carboxylic acids is 1. The van der Waals surface area contributed by atoms with E-state index in [1.807, 2.05) is 26.0 Å². The van der Waals surface area contributed by atoms with E-state index in [0.717, 1.165) is 0 Å². The smallest absolute Gasteiger partial charge is 0.342 e. The maximum Gasteiger partial charge on any atom is 0.342 e. The fourth-order valence-corrected chi connectivity index (χ4v) is 2.34. The van der Waals surface area contributed by atoms with Gasteiger partial charge in [0, 0.05) is 5.41 Å². The number of fused-ring (bicyclic) bond motifs is 1. The fraction of sp³-hybridized carbons (Fsp3) is 0.444. The lowest BCUT2D eigenvalue weighted by molar-refractivity contribution is 0.0526. The van der Waals surface area contributed by atoms with Gasteiger partial charge in [0.25, 0.3) is 0 Å². The second-order valence-electron chi connectivity index (χ2n) is 6.47. The van der Waals surface area contributed by atoms with Crippen LogP contribution in [0.1, 0.15) is 36.8 Å². The van der Waals surface area contributed by atoms with Crippen molar-refractivity contribution in [2.75, 3.05) is 25.6 Å². The van der Waals surface area contributed by atoms with Crippen LogP contribution in [0, 0.1) is 12.3 Å². The highest BCUT2D eigenvalue weighted by Gasteiger charge is 2.22. The fourth-order valence-electron chi connectivity index (χ4n) is 2.34. The molecule has 0 aliphatic carbocycles. The summed E-state index contributed by atoms with van der Waals surface area (Å²) >= 11 is 0. The number of aliphatic hydroxyl groups is 1. The first-order chi connectivity index (χ1) is 11.3. The van der Waals surface area contributed by atoms with Crippen molar-refractivity contribution in [2.45, 2.75) is 27.7 Å². The Kier molecular flexibility index (Phi) is 5.29. The zero-order valence-electron chi connectivity index (χ0n) is 14.5. The van der Waals surface area contributed by atoms with E-state index in [2.05, 4.69) is 4.98 Å². The maximum atomic E-state index is 12.2. The van der Waals surface area contributed by atoms with Gasteiger partial charge in [0.2, 0.25) is 0 Å². The van der Waals surface area contributed by atoms with Crippen LogP contribution in [0.4, 0.5) is 5.69 Å². The van der Waals surface area contributed by atoms with Crippen molar-refractivity contribution in [1.82, 2.24) is 4.98 Å². The molecule has 0 saturated carbocycles. The zero-order chi connectivity index (χ0) is 17.9. The highest BCUT2D eigenvalue weighted by Crippen LogP contribution is 2.34. The molecule has 0 unspecified atom stereocenters. The molecule has 1 heterocycles. The molecule has 3 N–H and O–H groups in total. The first-order valence-corrected chi connectivity index (χ1v) is 7.90. The van der Waals surface area contributed by atoms with Gasteiger partial charge < -0.3 is 20.3 Å². The monoisotopic (exact) mass is 332 g/mol. The average molecular weight is 332 g/mol. The Hall–Kier alpha value is -2.34. The zero-order valence-corrected chi connectivity index (χ0v) is 14.5. The summed E-state index contributed by atoms with van der Waals surface area (Å²) in [5.41, 5.74) is 7.60. The molecule has 2 rings (SSSR count). The molecule has 24 heavy (non-hydrogen) atoms. The quantitative estimate of drug-likeness (QED) is 0.790. The predicted octanol–water partition coefficient (Wildman–Crippen LogP) is 2.70. The Labute approximate surface area is 141 Å². The number of esters is 1. The van der Waals surface area contributed by atoms with E-state index in [9.17, 15) is 9.90 Å². The van der Waals surface area contributed by atoms with Crippen LogP contribution in [0.3, 0.4) is 0 Å². The molecule has 0 spiro atoms. The molecule has 0 fully saturated rings. The van der Waals surface area contributed by atoms with Crippen LogP contribution in [0.5, 0.6) is 5.75 Å². The van der Waals surface area contributed by atoms with Gasteiger partial charge >= 0.3 is 5.97 Å². The van der Waals surface area contributed by atoms with Gasteiger partial charge in [-0.3, -0.25) is 4.98 Å². The number of benzene rings is 1. The van der Waals surface area contributed by atoms with Crippen LogP contribution < -0.4 is 10.5 Å². The Bertz CT molecular complexity index is 756. The summed E-state index contributed by atoms with van der Waals surface area (Å²) in [6.07, 6.45) is 0. The minimum atomic E-state index is -0.493. The summed E-state index contributed by atoms with van der Waals surface area (Å²) in [5.74, 6) is 0.0389. The molecule has 6 nitrogen and oxygen atoms in total. The number of carbonyl (C=O) groups is 1. The van der Waals surface area contributed by atoms with Crippen molar-refractivity contribution in [3.63, 3.8) is 0 Å². The van der Waals surface area contributed by atoms with E-state index in [4.69, 9.17) is 15.2 Å². The maximum absolute atomic E-state index is 12.2. The average Bonchev–Trinajstić information content (AvgIpc) is 2.53. The third-order valence-corrected chi connectivity index (χ3v) is 3.72. The van der Waals surface area contributed by atoms with Crippen molar-refractivity contribution in [1.29, 1.82) is 0 Å². The van der Waals surface area contributed by atoms with Gasteiger partial charge in [0.1, 0.15) is 11.3 Å². The van der Waals surface area contributed by atoms with Gasteiger partial charge in [-0.1, -0.05) is 19.9 Å². The minimum Gasteiger partial charge on any atom is -0.492 e. The molecule has 0 radical (unpaired) electrons. The first kappa shape index (κ1) is 18.0. The van der Waals surface area contributed by atoms with Crippen LogP contribution in [-0.4, -0.2) is 35.9 Å². The van der Waals surface area contributed by atoms with E-state index in [0.29, 0.717) is 34.6 Å². The van der Waals surface area contributed by atoms with Crippen LogP contribution in [-0.2, 0) is 4.74 Å². The Balaban J connectivity index is 2.54. The molecule has 0 bridgehead atoms. The number of anilines is 1. The van der Waals surface area contributed by atoms with E-state index in [-0.39, 0.29) is 24.2 Å². The molecule has 130 valence electrons. The summed E-state index contributed by atoms with van der Waals surface area (Å²) in [7, 11) is 0. The molecule has 0 saturated heterocycles. The summed E-state index contributed by atoms with van der Waals surface area (Å²) in [6.45, 7) is 7.83. The number of nitrogen functional groups attached to an aromatic ring is 1.